The first-order valence-corrected chi connectivity index (χ1v) is 6.32. The van der Waals surface area contributed by atoms with Crippen LogP contribution in [-0.4, -0.2) is 24.7 Å². The topological polar surface area (TPSA) is 50.4 Å². The number of ether oxygens (including phenoxy) is 1. The number of nitrogens with one attached hydrogen (secondary N) is 2. The van der Waals surface area contributed by atoms with Crippen molar-refractivity contribution in [3.8, 4) is 0 Å². The van der Waals surface area contributed by atoms with Crippen LogP contribution in [0.4, 0.5) is 5.69 Å². The third-order valence-corrected chi connectivity index (χ3v) is 2.64. The number of carbonyl (C=O) groups is 1. The Labute approximate surface area is 113 Å². The number of benzene rings is 1. The molecule has 0 amide bonds. The summed E-state index contributed by atoms with van der Waals surface area (Å²) in [6, 6.07) is 7.11. The summed E-state index contributed by atoms with van der Waals surface area (Å²) in [5.74, 6) is -0.380. The van der Waals surface area contributed by atoms with Crippen molar-refractivity contribution in [1.29, 1.82) is 0 Å². The van der Waals surface area contributed by atoms with E-state index in [1.165, 1.54) is 7.11 Å². The van der Waals surface area contributed by atoms with Crippen molar-refractivity contribution in [2.75, 3.05) is 19.0 Å². The maximum absolute atomic E-state index is 11.6. The van der Waals surface area contributed by atoms with Crippen molar-refractivity contribution < 1.29 is 9.53 Å². The molecule has 1 aromatic carbocycles. The Balaban J connectivity index is 2.66. The van der Waals surface area contributed by atoms with Gasteiger partial charge >= 0.3 is 5.97 Å². The summed E-state index contributed by atoms with van der Waals surface area (Å²) in [5, 5.41) is 6.60. The van der Waals surface area contributed by atoms with E-state index in [1.54, 1.807) is 18.2 Å². The minimum absolute atomic E-state index is 0.380. The minimum atomic E-state index is -0.380. The van der Waals surface area contributed by atoms with E-state index in [-0.39, 0.29) is 5.97 Å². The Morgan fingerprint density at radius 1 is 1.39 bits per heavy atom. The molecule has 0 aliphatic carbocycles. The van der Waals surface area contributed by atoms with Crippen molar-refractivity contribution >= 4 is 29.0 Å². The fourth-order valence-corrected chi connectivity index (χ4v) is 1.64. The van der Waals surface area contributed by atoms with E-state index in [0.29, 0.717) is 16.4 Å². The summed E-state index contributed by atoms with van der Waals surface area (Å²) in [5.41, 5.74) is 1.12. The second-order valence-electron chi connectivity index (χ2n) is 3.77. The summed E-state index contributed by atoms with van der Waals surface area (Å²) < 4.78 is 4.71. The Morgan fingerprint density at radius 2 is 2.11 bits per heavy atom. The standard InChI is InChI=1S/C13H18N2O2S/c1-3-4-9-14-13(18)15-11-8-6-5-7-10(11)12(16)17-2/h5-8H,3-4,9H2,1-2H3,(H2,14,15,18). The number of hydrogen-bond acceptors (Lipinski definition) is 3. The highest BCUT2D eigenvalue weighted by Gasteiger charge is 2.11. The first kappa shape index (κ1) is 14.4. The van der Waals surface area contributed by atoms with Gasteiger partial charge in [0.2, 0.25) is 0 Å². The molecule has 0 atom stereocenters. The van der Waals surface area contributed by atoms with Gasteiger partial charge in [0.1, 0.15) is 0 Å². The van der Waals surface area contributed by atoms with Gasteiger partial charge in [-0.1, -0.05) is 25.5 Å². The normalized spacial score (nSPS) is 9.67. The highest BCUT2D eigenvalue weighted by atomic mass is 32.1. The van der Waals surface area contributed by atoms with Gasteiger partial charge < -0.3 is 15.4 Å². The molecule has 1 aromatic rings. The van der Waals surface area contributed by atoms with E-state index in [9.17, 15) is 4.79 Å². The highest BCUT2D eigenvalue weighted by Crippen LogP contribution is 2.15. The summed E-state index contributed by atoms with van der Waals surface area (Å²) >= 11 is 5.16. The summed E-state index contributed by atoms with van der Waals surface area (Å²) in [6.07, 6.45) is 2.16. The number of anilines is 1. The average molecular weight is 266 g/mol. The molecule has 0 bridgehead atoms. The molecule has 0 aliphatic rings. The number of rotatable bonds is 5. The Bertz CT molecular complexity index is 421. The fourth-order valence-electron chi connectivity index (χ4n) is 1.43. The second kappa shape index (κ2) is 7.66. The number of methoxy groups -OCH3 is 1. The molecule has 0 saturated heterocycles. The highest BCUT2D eigenvalue weighted by molar-refractivity contribution is 7.80. The summed E-state index contributed by atoms with van der Waals surface area (Å²) in [6.45, 7) is 2.94. The van der Waals surface area contributed by atoms with Crippen molar-refractivity contribution in [2.24, 2.45) is 0 Å². The summed E-state index contributed by atoms with van der Waals surface area (Å²) in [7, 11) is 1.36. The van der Waals surface area contributed by atoms with Crippen LogP contribution in [-0.2, 0) is 4.74 Å². The van der Waals surface area contributed by atoms with Crippen molar-refractivity contribution in [3.63, 3.8) is 0 Å². The molecule has 0 spiro atoms. The molecule has 0 unspecified atom stereocenters. The molecular formula is C13H18N2O2S. The van der Waals surface area contributed by atoms with Gasteiger partial charge in [0.05, 0.1) is 18.4 Å². The number of carbonyl (C=O) groups excluding carboxylic acids is 1. The molecule has 0 saturated carbocycles. The lowest BCUT2D eigenvalue weighted by atomic mass is 10.2. The third-order valence-electron chi connectivity index (χ3n) is 2.40. The van der Waals surface area contributed by atoms with Crippen LogP contribution in [0.3, 0.4) is 0 Å². The lowest BCUT2D eigenvalue weighted by Crippen LogP contribution is -2.29. The predicted molar refractivity (Wildman–Crippen MR) is 76.9 cm³/mol. The molecule has 0 aliphatic heterocycles. The lowest BCUT2D eigenvalue weighted by molar-refractivity contribution is 0.0602. The first-order valence-electron chi connectivity index (χ1n) is 5.91. The summed E-state index contributed by atoms with van der Waals surface area (Å²) in [4.78, 5) is 11.6. The molecule has 4 nitrogen and oxygen atoms in total. The van der Waals surface area contributed by atoms with Crippen molar-refractivity contribution in [2.45, 2.75) is 19.8 Å². The van der Waals surface area contributed by atoms with Crippen LogP contribution in [0.5, 0.6) is 0 Å². The maximum atomic E-state index is 11.6. The molecule has 0 aromatic heterocycles. The number of thiocarbonyl (C=S) groups is 1. The molecule has 0 radical (unpaired) electrons. The van der Waals surface area contributed by atoms with Crippen molar-refractivity contribution in [1.82, 2.24) is 5.32 Å². The van der Waals surface area contributed by atoms with Crippen molar-refractivity contribution in [3.05, 3.63) is 29.8 Å². The van der Waals surface area contributed by atoms with Gasteiger partial charge in [0.25, 0.3) is 0 Å². The first-order chi connectivity index (χ1) is 8.69. The molecule has 5 heteroatoms. The van der Waals surface area contributed by atoms with Gasteiger partial charge in [0, 0.05) is 6.54 Å². The number of para-hydroxylation sites is 1. The van der Waals surface area contributed by atoms with Crippen LogP contribution < -0.4 is 10.6 Å². The molecule has 2 N–H and O–H groups in total. The average Bonchev–Trinajstić information content (AvgIpc) is 2.39. The van der Waals surface area contributed by atoms with E-state index >= 15 is 0 Å². The Hall–Kier alpha value is -1.62. The fraction of sp³-hybridized carbons (Fsp3) is 0.385. The quantitative estimate of drug-likeness (QED) is 0.487. The zero-order valence-corrected chi connectivity index (χ0v) is 11.5. The SMILES string of the molecule is CCCCNC(=S)Nc1ccccc1C(=O)OC. The number of unbranched alkanes of at least 4 members (excludes halogenated alkanes) is 1. The largest absolute Gasteiger partial charge is 0.465 e. The van der Waals surface area contributed by atoms with Crippen LogP contribution in [0.15, 0.2) is 24.3 Å². The second-order valence-corrected chi connectivity index (χ2v) is 4.18. The Morgan fingerprint density at radius 3 is 2.78 bits per heavy atom. The van der Waals surface area contributed by atoms with Crippen LogP contribution in [0, 0.1) is 0 Å². The monoisotopic (exact) mass is 266 g/mol. The zero-order chi connectivity index (χ0) is 13.4. The molecule has 98 valence electrons. The number of hydrogen-bond donors (Lipinski definition) is 2. The van der Waals surface area contributed by atoms with Crippen LogP contribution in [0.1, 0.15) is 30.1 Å². The van der Waals surface area contributed by atoms with Gasteiger partial charge in [-0.15, -0.1) is 0 Å². The molecule has 0 fully saturated rings. The molecule has 0 heterocycles. The molecular weight excluding hydrogens is 248 g/mol. The lowest BCUT2D eigenvalue weighted by Gasteiger charge is -2.12. The molecule has 18 heavy (non-hydrogen) atoms. The zero-order valence-electron chi connectivity index (χ0n) is 10.7. The smallest absolute Gasteiger partial charge is 0.339 e. The van der Waals surface area contributed by atoms with E-state index in [1.807, 2.05) is 6.07 Å². The van der Waals surface area contributed by atoms with E-state index < -0.39 is 0 Å². The van der Waals surface area contributed by atoms with Crippen LogP contribution in [0.2, 0.25) is 0 Å². The maximum Gasteiger partial charge on any atom is 0.339 e. The van der Waals surface area contributed by atoms with Gasteiger partial charge in [-0.3, -0.25) is 0 Å². The van der Waals surface area contributed by atoms with Crippen LogP contribution in [0.25, 0.3) is 0 Å². The van der Waals surface area contributed by atoms with Gasteiger partial charge in [-0.25, -0.2) is 4.79 Å². The number of esters is 1. The predicted octanol–water partition coefficient (Wildman–Crippen LogP) is 2.56. The molecule has 1 rings (SSSR count). The third kappa shape index (κ3) is 4.33. The van der Waals surface area contributed by atoms with E-state index in [2.05, 4.69) is 17.6 Å². The van der Waals surface area contributed by atoms with Gasteiger partial charge in [-0.05, 0) is 30.8 Å². The van der Waals surface area contributed by atoms with E-state index in [0.717, 1.165) is 19.4 Å². The Kier molecular flexibility index (Phi) is 6.14. The van der Waals surface area contributed by atoms with Gasteiger partial charge in [0.15, 0.2) is 5.11 Å². The van der Waals surface area contributed by atoms with Gasteiger partial charge in [-0.2, -0.15) is 0 Å². The van der Waals surface area contributed by atoms with Crippen LogP contribution >= 0.6 is 12.2 Å². The minimum Gasteiger partial charge on any atom is -0.465 e. The van der Waals surface area contributed by atoms with E-state index in [4.69, 9.17) is 17.0 Å².